The number of hydrogen-bond acceptors (Lipinski definition) is 0. The third-order valence-electron chi connectivity index (χ3n) is 0.640. The maximum absolute atomic E-state index is 2.23. The molecule has 0 saturated carbocycles. The van der Waals surface area contributed by atoms with Gasteiger partial charge < -0.3 is 0 Å². The van der Waals surface area contributed by atoms with Crippen molar-refractivity contribution < 1.29 is 0 Å². The van der Waals surface area contributed by atoms with E-state index in [-0.39, 0.29) is 0 Å². The molecule has 0 bridgehead atoms. The van der Waals surface area contributed by atoms with Gasteiger partial charge in [-0.05, 0) is 18.0 Å². The maximum Gasteiger partial charge on any atom is -0.0197 e. The summed E-state index contributed by atoms with van der Waals surface area (Å²) in [5.74, 6) is 2.23. The van der Waals surface area contributed by atoms with Crippen molar-refractivity contribution in [2.45, 2.75) is 6.92 Å². The summed E-state index contributed by atoms with van der Waals surface area (Å²) in [5.41, 5.74) is 0. The van der Waals surface area contributed by atoms with Gasteiger partial charge in [0.05, 0.1) is 0 Å². The smallest absolute Gasteiger partial charge is 0.0197 e. The van der Waals surface area contributed by atoms with Crippen molar-refractivity contribution in [3.05, 3.63) is 17.2 Å². The molecule has 1 aromatic heterocycles. The molecule has 0 radical (unpaired) electrons. The first-order valence-corrected chi connectivity index (χ1v) is 4.67. The molecule has 1 unspecified atom stereocenters. The largest absolute Gasteiger partial charge is 0.110 e. The molecule has 0 spiro atoms. The van der Waals surface area contributed by atoms with Crippen molar-refractivity contribution in [2.24, 2.45) is 0 Å². The van der Waals surface area contributed by atoms with Crippen molar-refractivity contribution in [3.63, 3.8) is 0 Å². The number of aryl methyl sites for hydroxylation is 1. The van der Waals surface area contributed by atoms with Gasteiger partial charge in [0.15, 0.2) is 0 Å². The molecule has 1 atom stereocenters. The van der Waals surface area contributed by atoms with Crippen LogP contribution in [-0.2, 0) is 0 Å². The van der Waals surface area contributed by atoms with E-state index in [1.807, 2.05) is 0 Å². The van der Waals surface area contributed by atoms with Gasteiger partial charge in [-0.2, -0.15) is 0 Å². The fourth-order valence-corrected chi connectivity index (χ4v) is 2.51. The van der Waals surface area contributed by atoms with E-state index in [1.54, 1.807) is 0 Å². The van der Waals surface area contributed by atoms with Crippen molar-refractivity contribution in [2.75, 3.05) is 0 Å². The van der Waals surface area contributed by atoms with E-state index < -0.39 is 0 Å². The van der Waals surface area contributed by atoms with Crippen LogP contribution in [0.5, 0.6) is 0 Å². The zero-order chi connectivity index (χ0) is 4.41. The second-order valence-corrected chi connectivity index (χ2v) is 4.18. The number of hydrogen-bond donors (Lipinski definition) is 0. The highest BCUT2D eigenvalue weighted by Crippen LogP contribution is 2.24. The summed E-state index contributed by atoms with van der Waals surface area (Å²) >= 11 is 0. The first kappa shape index (κ1) is 4.37. The van der Waals surface area contributed by atoms with Crippen LogP contribution in [0.25, 0.3) is 0 Å². The monoisotopic (exact) mass is 116 g/mol. The molecule has 0 aromatic carbocycles. The third kappa shape index (κ3) is 0.834. The van der Waals surface area contributed by atoms with Gasteiger partial charge in [0.2, 0.25) is 0 Å². The Morgan fingerprint density at radius 2 is 2.67 bits per heavy atom. The zero-order valence-electron chi connectivity index (χ0n) is 3.60. The highest BCUT2D eigenvalue weighted by atomic mass is 31.8. The van der Waals surface area contributed by atoms with Crippen LogP contribution in [0.3, 0.4) is 0 Å². The Bertz CT molecular complexity index is 109. The van der Waals surface area contributed by atoms with Crippen LogP contribution in [0.1, 0.15) is 5.30 Å². The van der Waals surface area contributed by atoms with Gasteiger partial charge in [0, 0.05) is 0 Å². The van der Waals surface area contributed by atoms with Crippen LogP contribution >= 0.6 is 15.7 Å². The van der Waals surface area contributed by atoms with Crippen LogP contribution in [0, 0.1) is 6.92 Å². The van der Waals surface area contributed by atoms with Gasteiger partial charge in [0.25, 0.3) is 0 Å². The van der Waals surface area contributed by atoms with Crippen molar-refractivity contribution in [1.29, 1.82) is 0 Å². The SMILES string of the molecule is Cc1cc[pH]p1. The van der Waals surface area contributed by atoms with Crippen LogP contribution in [-0.4, -0.2) is 0 Å². The average molecular weight is 116 g/mol. The van der Waals surface area contributed by atoms with Crippen LogP contribution in [0.2, 0.25) is 0 Å². The lowest BCUT2D eigenvalue weighted by Gasteiger charge is -1.65. The zero-order valence-corrected chi connectivity index (χ0v) is 5.50. The van der Waals surface area contributed by atoms with Gasteiger partial charge in [-0.3, -0.25) is 0 Å². The van der Waals surface area contributed by atoms with Crippen molar-refractivity contribution in [3.8, 4) is 0 Å². The molecule has 1 aromatic rings. The summed E-state index contributed by atoms with van der Waals surface area (Å²) in [7, 11) is 2.57. The Kier molecular flexibility index (Phi) is 1.29. The molecule has 32 valence electrons. The van der Waals surface area contributed by atoms with E-state index in [9.17, 15) is 0 Å². The fraction of sp³-hybridized carbons (Fsp3) is 0.250. The molecule has 0 aliphatic heterocycles. The lowest BCUT2D eigenvalue weighted by Crippen LogP contribution is -1.41. The molecule has 6 heavy (non-hydrogen) atoms. The lowest BCUT2D eigenvalue weighted by atomic mass is 10.6. The van der Waals surface area contributed by atoms with Crippen LogP contribution in [0.15, 0.2) is 11.9 Å². The molecule has 0 saturated heterocycles. The van der Waals surface area contributed by atoms with Gasteiger partial charge in [-0.1, -0.05) is 13.9 Å². The van der Waals surface area contributed by atoms with Crippen molar-refractivity contribution in [1.82, 2.24) is 0 Å². The second-order valence-electron chi connectivity index (χ2n) is 1.22. The van der Waals surface area contributed by atoms with E-state index in [0.29, 0.717) is 0 Å². The van der Waals surface area contributed by atoms with E-state index >= 15 is 0 Å². The molecule has 2 heteroatoms. The minimum atomic E-state index is 1.04. The minimum Gasteiger partial charge on any atom is -0.110 e. The molecule has 0 aliphatic rings. The van der Waals surface area contributed by atoms with Crippen LogP contribution in [0.4, 0.5) is 0 Å². The Morgan fingerprint density at radius 1 is 1.83 bits per heavy atom. The normalized spacial score (nSPS) is 11.5. The Labute approximate surface area is 40.7 Å². The fourth-order valence-electron chi connectivity index (χ4n) is 0.334. The highest BCUT2D eigenvalue weighted by Gasteiger charge is 1.74. The second kappa shape index (κ2) is 1.78. The summed E-state index contributed by atoms with van der Waals surface area (Å²) in [6.07, 6.45) is 0. The first-order chi connectivity index (χ1) is 2.89. The predicted molar refractivity (Wildman–Crippen MR) is 33.2 cm³/mol. The predicted octanol–water partition coefficient (Wildman–Crippen LogP) is 2.61. The Balaban J connectivity index is 3.05. The molecule has 0 amide bonds. The molecule has 0 N–H and O–H groups in total. The highest BCUT2D eigenvalue weighted by molar-refractivity contribution is 7.90. The summed E-state index contributed by atoms with van der Waals surface area (Å²) in [6.45, 7) is 2.16. The van der Waals surface area contributed by atoms with E-state index in [1.165, 1.54) is 13.2 Å². The summed E-state index contributed by atoms with van der Waals surface area (Å²) < 4.78 is 0. The average Bonchev–Trinajstić information content (AvgIpc) is 1.86. The minimum absolute atomic E-state index is 1.04. The Hall–Kier alpha value is 0.210. The molecule has 0 aliphatic carbocycles. The molecule has 1 heterocycles. The van der Waals surface area contributed by atoms with E-state index in [0.717, 1.165) is 7.87 Å². The lowest BCUT2D eigenvalue weighted by molar-refractivity contribution is 1.65. The maximum atomic E-state index is 2.23. The van der Waals surface area contributed by atoms with E-state index in [2.05, 4.69) is 18.8 Å². The third-order valence-corrected chi connectivity index (χ3v) is 3.48. The number of rotatable bonds is 0. The summed E-state index contributed by atoms with van der Waals surface area (Å²) in [5, 5.41) is 1.51. The molecule has 1 rings (SSSR count). The van der Waals surface area contributed by atoms with E-state index in [4.69, 9.17) is 0 Å². The van der Waals surface area contributed by atoms with Gasteiger partial charge in [-0.25, -0.2) is 0 Å². The van der Waals surface area contributed by atoms with Crippen LogP contribution < -0.4 is 0 Å². The van der Waals surface area contributed by atoms with Gasteiger partial charge in [0.1, 0.15) is 0 Å². The molecule has 0 fully saturated rings. The first-order valence-electron chi connectivity index (χ1n) is 1.86. The van der Waals surface area contributed by atoms with Gasteiger partial charge >= 0.3 is 0 Å². The quantitative estimate of drug-likeness (QED) is 0.488. The Morgan fingerprint density at radius 3 is 2.83 bits per heavy atom. The molecular formula is C4H6P2. The molecule has 0 nitrogen and oxygen atoms in total. The summed E-state index contributed by atoms with van der Waals surface area (Å²) in [4.78, 5) is 0. The topological polar surface area (TPSA) is 0 Å². The summed E-state index contributed by atoms with van der Waals surface area (Å²) in [6, 6.07) is 2.19. The molecular weight excluding hydrogens is 110 g/mol. The standard InChI is InChI=1S/C4H6P2/c1-4-2-3-5-6-4/h2-3,5H,1H3. The van der Waals surface area contributed by atoms with Crippen molar-refractivity contribution >= 4 is 15.7 Å². The van der Waals surface area contributed by atoms with Gasteiger partial charge in [-0.15, -0.1) is 7.87 Å².